The smallest absolute Gasteiger partial charge is 0.0579 e. The van der Waals surface area contributed by atoms with Crippen LogP contribution in [0.1, 0.15) is 43.8 Å². The maximum atomic E-state index is 4.66. The van der Waals surface area contributed by atoms with Crippen molar-refractivity contribution in [2.45, 2.75) is 44.7 Å². The highest BCUT2D eigenvalue weighted by Crippen LogP contribution is 2.58. The lowest BCUT2D eigenvalue weighted by molar-refractivity contribution is -0.0347. The number of nitrogens with one attached hydrogen (secondary N) is 1. The molecule has 0 radical (unpaired) electrons. The molecule has 1 aromatic rings. The van der Waals surface area contributed by atoms with Crippen LogP contribution in [0.2, 0.25) is 0 Å². The van der Waals surface area contributed by atoms with Crippen LogP contribution in [0.15, 0.2) is 12.3 Å². The molecular formula is C15H23N3. The topological polar surface area (TPSA) is 29.9 Å². The lowest BCUT2D eigenvalue weighted by Crippen LogP contribution is -2.46. The van der Waals surface area contributed by atoms with Gasteiger partial charge in [-0.05, 0) is 68.9 Å². The molecule has 4 aliphatic rings. The minimum atomic E-state index is 0.705. The van der Waals surface area contributed by atoms with Crippen LogP contribution >= 0.6 is 0 Å². The normalized spacial score (nSPS) is 41.5. The summed E-state index contributed by atoms with van der Waals surface area (Å²) < 4.78 is 2.36. The molecule has 18 heavy (non-hydrogen) atoms. The van der Waals surface area contributed by atoms with Gasteiger partial charge in [0.2, 0.25) is 0 Å². The third-order valence-electron chi connectivity index (χ3n) is 5.57. The van der Waals surface area contributed by atoms with E-state index in [1.54, 1.807) is 0 Å². The summed E-state index contributed by atoms with van der Waals surface area (Å²) in [6, 6.07) is 2.89. The molecule has 3 nitrogen and oxygen atoms in total. The Morgan fingerprint density at radius 3 is 2.44 bits per heavy atom. The Bertz CT molecular complexity index is 409. The highest BCUT2D eigenvalue weighted by atomic mass is 15.3. The predicted octanol–water partition coefficient (Wildman–Crippen LogP) is 2.60. The standard InChI is InChI=1S/C15H23N3/c1-16-9-14-2-3-17-18(14)15-12-5-10-4-11(7-12)8-13(15)6-10/h2-3,10-13,15-16H,4-9H2,1H3. The molecule has 0 atom stereocenters. The molecule has 0 aliphatic heterocycles. The molecule has 4 fully saturated rings. The second kappa shape index (κ2) is 4.09. The van der Waals surface area contributed by atoms with Crippen molar-refractivity contribution in [1.82, 2.24) is 15.1 Å². The lowest BCUT2D eigenvalue weighted by Gasteiger charge is -2.54. The molecule has 98 valence electrons. The van der Waals surface area contributed by atoms with Gasteiger partial charge in [-0.25, -0.2) is 0 Å². The quantitative estimate of drug-likeness (QED) is 0.887. The number of hydrogen-bond donors (Lipinski definition) is 1. The van der Waals surface area contributed by atoms with E-state index in [-0.39, 0.29) is 0 Å². The van der Waals surface area contributed by atoms with E-state index in [2.05, 4.69) is 21.2 Å². The predicted molar refractivity (Wildman–Crippen MR) is 71.1 cm³/mol. The van der Waals surface area contributed by atoms with Crippen LogP contribution in [0.4, 0.5) is 0 Å². The summed E-state index contributed by atoms with van der Waals surface area (Å²) in [6.07, 6.45) is 9.39. The molecule has 1 N–H and O–H groups in total. The summed E-state index contributed by atoms with van der Waals surface area (Å²) in [4.78, 5) is 0. The van der Waals surface area contributed by atoms with Crippen LogP contribution in [0.5, 0.6) is 0 Å². The van der Waals surface area contributed by atoms with Crippen LogP contribution in [0.25, 0.3) is 0 Å². The number of hydrogen-bond acceptors (Lipinski definition) is 2. The van der Waals surface area contributed by atoms with Gasteiger partial charge in [0.25, 0.3) is 0 Å². The zero-order valence-corrected chi connectivity index (χ0v) is 11.2. The molecule has 1 heterocycles. The van der Waals surface area contributed by atoms with E-state index < -0.39 is 0 Å². The van der Waals surface area contributed by atoms with E-state index in [1.165, 1.54) is 37.8 Å². The van der Waals surface area contributed by atoms with Gasteiger partial charge in [-0.15, -0.1) is 0 Å². The lowest BCUT2D eigenvalue weighted by atomic mass is 9.54. The molecular weight excluding hydrogens is 222 g/mol. The van der Waals surface area contributed by atoms with E-state index >= 15 is 0 Å². The number of aromatic nitrogens is 2. The Balaban J connectivity index is 1.66. The van der Waals surface area contributed by atoms with Crippen molar-refractivity contribution in [2.24, 2.45) is 23.7 Å². The second-order valence-corrected chi connectivity index (χ2v) is 6.72. The third-order valence-corrected chi connectivity index (χ3v) is 5.57. The van der Waals surface area contributed by atoms with Crippen molar-refractivity contribution in [3.05, 3.63) is 18.0 Å². The van der Waals surface area contributed by atoms with Crippen LogP contribution in [-0.2, 0) is 6.54 Å². The van der Waals surface area contributed by atoms with Gasteiger partial charge in [0.15, 0.2) is 0 Å². The zero-order valence-electron chi connectivity index (χ0n) is 11.2. The minimum absolute atomic E-state index is 0.705. The molecule has 3 heteroatoms. The van der Waals surface area contributed by atoms with Gasteiger partial charge in [0.1, 0.15) is 0 Å². The van der Waals surface area contributed by atoms with E-state index in [4.69, 9.17) is 0 Å². The van der Waals surface area contributed by atoms with E-state index in [0.717, 1.165) is 30.2 Å². The maximum Gasteiger partial charge on any atom is 0.0579 e. The van der Waals surface area contributed by atoms with Gasteiger partial charge < -0.3 is 5.32 Å². The summed E-state index contributed by atoms with van der Waals surface area (Å²) in [5.41, 5.74) is 1.37. The molecule has 4 bridgehead atoms. The largest absolute Gasteiger partial charge is 0.314 e. The fraction of sp³-hybridized carbons (Fsp3) is 0.800. The van der Waals surface area contributed by atoms with Gasteiger partial charge in [-0.2, -0.15) is 5.10 Å². The Hall–Kier alpha value is -0.830. The summed E-state index contributed by atoms with van der Waals surface area (Å²) in [5, 5.41) is 7.93. The van der Waals surface area contributed by atoms with Gasteiger partial charge in [0, 0.05) is 12.7 Å². The molecule has 4 saturated carbocycles. The van der Waals surface area contributed by atoms with Gasteiger partial charge in [-0.3, -0.25) is 4.68 Å². The first-order chi connectivity index (χ1) is 8.85. The van der Waals surface area contributed by atoms with Crippen molar-refractivity contribution in [3.8, 4) is 0 Å². The van der Waals surface area contributed by atoms with Crippen LogP contribution in [0.3, 0.4) is 0 Å². The maximum absolute atomic E-state index is 4.66. The molecule has 0 amide bonds. The second-order valence-electron chi connectivity index (χ2n) is 6.72. The summed E-state index contributed by atoms with van der Waals surface area (Å²) in [6.45, 7) is 0.947. The van der Waals surface area contributed by atoms with E-state index in [9.17, 15) is 0 Å². The Labute approximate surface area is 109 Å². The van der Waals surface area contributed by atoms with E-state index in [1.807, 2.05) is 13.2 Å². The summed E-state index contributed by atoms with van der Waals surface area (Å²) in [7, 11) is 2.02. The molecule has 0 unspecified atom stereocenters. The molecule has 4 aliphatic carbocycles. The van der Waals surface area contributed by atoms with Crippen molar-refractivity contribution in [3.63, 3.8) is 0 Å². The average molecular weight is 245 g/mol. The van der Waals surface area contributed by atoms with Gasteiger partial charge in [0.05, 0.1) is 11.7 Å². The van der Waals surface area contributed by atoms with Crippen molar-refractivity contribution in [1.29, 1.82) is 0 Å². The Kier molecular flexibility index (Phi) is 2.51. The highest BCUT2D eigenvalue weighted by molar-refractivity contribution is 5.07. The van der Waals surface area contributed by atoms with Crippen molar-refractivity contribution < 1.29 is 0 Å². The average Bonchev–Trinajstić information content (AvgIpc) is 2.76. The number of rotatable bonds is 3. The summed E-state index contributed by atoms with van der Waals surface area (Å²) in [5.74, 6) is 3.92. The van der Waals surface area contributed by atoms with Crippen molar-refractivity contribution >= 4 is 0 Å². The van der Waals surface area contributed by atoms with Gasteiger partial charge in [-0.1, -0.05) is 0 Å². The first-order valence-corrected chi connectivity index (χ1v) is 7.52. The first-order valence-electron chi connectivity index (χ1n) is 7.52. The third kappa shape index (κ3) is 1.56. The SMILES string of the molecule is CNCc1ccnn1C1C2CC3CC(C2)CC1C3. The van der Waals surface area contributed by atoms with Gasteiger partial charge >= 0.3 is 0 Å². The molecule has 5 rings (SSSR count). The Morgan fingerprint density at radius 2 is 1.83 bits per heavy atom. The van der Waals surface area contributed by atoms with E-state index in [0.29, 0.717) is 6.04 Å². The van der Waals surface area contributed by atoms with Crippen LogP contribution in [-0.4, -0.2) is 16.8 Å². The zero-order chi connectivity index (χ0) is 12.1. The fourth-order valence-electron chi connectivity index (χ4n) is 5.23. The van der Waals surface area contributed by atoms with Crippen molar-refractivity contribution in [2.75, 3.05) is 7.05 Å². The summed E-state index contributed by atoms with van der Waals surface area (Å²) >= 11 is 0. The number of nitrogens with zero attached hydrogens (tertiary/aromatic N) is 2. The van der Waals surface area contributed by atoms with Crippen LogP contribution < -0.4 is 5.32 Å². The fourth-order valence-corrected chi connectivity index (χ4v) is 5.23. The monoisotopic (exact) mass is 245 g/mol. The molecule has 1 aromatic heterocycles. The molecule has 0 saturated heterocycles. The minimum Gasteiger partial charge on any atom is -0.314 e. The molecule has 0 aromatic carbocycles. The first kappa shape index (κ1) is 11.0. The molecule has 0 spiro atoms. The Morgan fingerprint density at radius 1 is 1.17 bits per heavy atom. The van der Waals surface area contributed by atoms with Crippen LogP contribution in [0, 0.1) is 23.7 Å². The highest BCUT2D eigenvalue weighted by Gasteiger charge is 2.49.